The first-order chi connectivity index (χ1) is 17.0. The lowest BCUT2D eigenvalue weighted by atomic mass is 10.1. The molecule has 1 unspecified atom stereocenters. The molecule has 1 aliphatic rings. The van der Waals surface area contributed by atoms with Gasteiger partial charge in [0.05, 0.1) is 13.7 Å². The lowest BCUT2D eigenvalue weighted by Gasteiger charge is -2.24. The first-order valence-corrected chi connectivity index (χ1v) is 12.3. The summed E-state index contributed by atoms with van der Waals surface area (Å²) in [5.41, 5.74) is 8.43. The number of aryl methyl sites for hydroxylation is 1. The normalized spacial score (nSPS) is 15.9. The van der Waals surface area contributed by atoms with Gasteiger partial charge in [0.25, 0.3) is 0 Å². The van der Waals surface area contributed by atoms with E-state index in [2.05, 4.69) is 10.6 Å². The molecule has 4 N–H and O–H groups in total. The van der Waals surface area contributed by atoms with Crippen LogP contribution in [0.25, 0.3) is 0 Å². The molecule has 35 heavy (non-hydrogen) atoms. The van der Waals surface area contributed by atoms with Gasteiger partial charge >= 0.3 is 0 Å². The van der Waals surface area contributed by atoms with Crippen LogP contribution in [0.2, 0.25) is 0 Å². The standard InChI is InChI=1S/C27H36N4O4/c1-35-23-14-12-20(13-15-23)7-2-3-11-25(32)30-24-10-4-5-16-31(27(24)34)19-26(33)29-22-9-6-8-21(17-22)18-28/h6,8-9,12-15,17,24H,2-5,7,10-11,16,18-19,28H2,1H3,(H,29,33)(H,30,32). The Morgan fingerprint density at radius 1 is 1.06 bits per heavy atom. The summed E-state index contributed by atoms with van der Waals surface area (Å²) in [6.45, 7) is 0.848. The molecule has 2 aromatic rings. The number of likely N-dealkylation sites (tertiary alicyclic amines) is 1. The molecule has 1 heterocycles. The van der Waals surface area contributed by atoms with Gasteiger partial charge in [0, 0.05) is 25.2 Å². The number of nitrogens with one attached hydrogen (secondary N) is 2. The minimum atomic E-state index is -0.583. The van der Waals surface area contributed by atoms with Crippen molar-refractivity contribution in [3.63, 3.8) is 0 Å². The molecule has 1 aliphatic heterocycles. The van der Waals surface area contributed by atoms with E-state index >= 15 is 0 Å². The van der Waals surface area contributed by atoms with Crippen molar-refractivity contribution in [3.8, 4) is 5.75 Å². The maximum absolute atomic E-state index is 13.0. The van der Waals surface area contributed by atoms with E-state index in [0.29, 0.717) is 31.6 Å². The Morgan fingerprint density at radius 2 is 1.86 bits per heavy atom. The third kappa shape index (κ3) is 8.40. The lowest BCUT2D eigenvalue weighted by molar-refractivity contribution is -0.138. The molecule has 0 spiro atoms. The number of carbonyl (C=O) groups excluding carboxylic acids is 3. The fourth-order valence-electron chi connectivity index (χ4n) is 4.22. The summed E-state index contributed by atoms with van der Waals surface area (Å²) >= 11 is 0. The molecular formula is C27H36N4O4. The van der Waals surface area contributed by atoms with Gasteiger partial charge in [0.2, 0.25) is 17.7 Å². The zero-order valence-corrected chi connectivity index (χ0v) is 20.4. The number of hydrogen-bond acceptors (Lipinski definition) is 5. The number of nitrogens with zero attached hydrogens (tertiary/aromatic N) is 1. The highest BCUT2D eigenvalue weighted by atomic mass is 16.5. The third-order valence-electron chi connectivity index (χ3n) is 6.18. The maximum Gasteiger partial charge on any atom is 0.245 e. The highest BCUT2D eigenvalue weighted by molar-refractivity contribution is 5.96. The molecule has 3 amide bonds. The van der Waals surface area contributed by atoms with Gasteiger partial charge in [-0.25, -0.2) is 0 Å². The van der Waals surface area contributed by atoms with Gasteiger partial charge in [0.15, 0.2) is 0 Å². The van der Waals surface area contributed by atoms with E-state index in [1.54, 1.807) is 18.1 Å². The van der Waals surface area contributed by atoms with Gasteiger partial charge < -0.3 is 26.0 Å². The van der Waals surface area contributed by atoms with Gasteiger partial charge in [-0.2, -0.15) is 0 Å². The average Bonchev–Trinajstić information content (AvgIpc) is 3.03. The van der Waals surface area contributed by atoms with Gasteiger partial charge in [-0.1, -0.05) is 24.3 Å². The van der Waals surface area contributed by atoms with E-state index in [-0.39, 0.29) is 24.3 Å². The van der Waals surface area contributed by atoms with Gasteiger partial charge in [-0.3, -0.25) is 14.4 Å². The van der Waals surface area contributed by atoms with Gasteiger partial charge in [-0.05, 0) is 73.9 Å². The molecule has 0 radical (unpaired) electrons. The van der Waals surface area contributed by atoms with Crippen LogP contribution in [0, 0.1) is 0 Å². The predicted molar refractivity (Wildman–Crippen MR) is 136 cm³/mol. The van der Waals surface area contributed by atoms with Crippen LogP contribution in [0.3, 0.4) is 0 Å². The molecule has 8 heteroatoms. The molecule has 1 fully saturated rings. The number of methoxy groups -OCH3 is 1. The average molecular weight is 481 g/mol. The van der Waals surface area contributed by atoms with Crippen molar-refractivity contribution in [3.05, 3.63) is 59.7 Å². The van der Waals surface area contributed by atoms with E-state index in [1.807, 2.05) is 42.5 Å². The predicted octanol–water partition coefficient (Wildman–Crippen LogP) is 3.00. The second-order valence-corrected chi connectivity index (χ2v) is 8.88. The van der Waals surface area contributed by atoms with Crippen molar-refractivity contribution in [2.45, 2.75) is 57.5 Å². The number of benzene rings is 2. The molecule has 0 aliphatic carbocycles. The zero-order valence-electron chi connectivity index (χ0n) is 20.4. The Bertz CT molecular complexity index is 993. The molecule has 1 atom stereocenters. The zero-order chi connectivity index (χ0) is 25.0. The maximum atomic E-state index is 13.0. The number of ether oxygens (including phenoxy) is 1. The molecular weight excluding hydrogens is 444 g/mol. The van der Waals surface area contributed by atoms with Crippen LogP contribution in [-0.4, -0.2) is 48.9 Å². The Morgan fingerprint density at radius 3 is 2.60 bits per heavy atom. The van der Waals surface area contributed by atoms with E-state index in [4.69, 9.17) is 10.5 Å². The minimum Gasteiger partial charge on any atom is -0.497 e. The van der Waals surface area contributed by atoms with E-state index in [1.165, 1.54) is 5.56 Å². The molecule has 8 nitrogen and oxygen atoms in total. The number of carbonyl (C=O) groups is 3. The van der Waals surface area contributed by atoms with Gasteiger partial charge in [-0.15, -0.1) is 0 Å². The molecule has 0 bridgehead atoms. The first-order valence-electron chi connectivity index (χ1n) is 12.3. The summed E-state index contributed by atoms with van der Waals surface area (Å²) in [6.07, 6.45) is 5.10. The quantitative estimate of drug-likeness (QED) is 0.428. The molecule has 3 rings (SSSR count). The van der Waals surface area contributed by atoms with Crippen LogP contribution in [-0.2, 0) is 27.3 Å². The molecule has 0 saturated carbocycles. The fourth-order valence-corrected chi connectivity index (χ4v) is 4.22. The summed E-state index contributed by atoms with van der Waals surface area (Å²) in [5.74, 6) is 0.245. The Labute approximate surface area is 207 Å². The monoisotopic (exact) mass is 480 g/mol. The lowest BCUT2D eigenvalue weighted by Crippen LogP contribution is -2.49. The first kappa shape index (κ1) is 26.2. The SMILES string of the molecule is COc1ccc(CCCCC(=O)NC2CCCCN(CC(=O)Nc3cccc(CN)c3)C2=O)cc1. The summed E-state index contributed by atoms with van der Waals surface area (Å²) < 4.78 is 5.17. The van der Waals surface area contributed by atoms with Crippen LogP contribution in [0.15, 0.2) is 48.5 Å². The van der Waals surface area contributed by atoms with Gasteiger partial charge in [0.1, 0.15) is 11.8 Å². The van der Waals surface area contributed by atoms with Crippen LogP contribution in [0.5, 0.6) is 5.75 Å². The van der Waals surface area contributed by atoms with Crippen molar-refractivity contribution in [1.29, 1.82) is 0 Å². The summed E-state index contributed by atoms with van der Waals surface area (Å²) in [6, 6.07) is 14.7. The Kier molecular flexibility index (Phi) is 10.1. The number of hydrogen-bond donors (Lipinski definition) is 3. The Balaban J connectivity index is 1.44. The van der Waals surface area contributed by atoms with E-state index < -0.39 is 6.04 Å². The van der Waals surface area contributed by atoms with Crippen molar-refractivity contribution < 1.29 is 19.1 Å². The fraction of sp³-hybridized carbons (Fsp3) is 0.444. The highest BCUT2D eigenvalue weighted by Crippen LogP contribution is 2.16. The number of anilines is 1. The number of unbranched alkanes of at least 4 members (excludes halogenated alkanes) is 1. The van der Waals surface area contributed by atoms with E-state index in [0.717, 1.165) is 43.4 Å². The van der Waals surface area contributed by atoms with Crippen molar-refractivity contribution in [1.82, 2.24) is 10.2 Å². The van der Waals surface area contributed by atoms with Crippen LogP contribution < -0.4 is 21.1 Å². The second kappa shape index (κ2) is 13.5. The van der Waals surface area contributed by atoms with Crippen LogP contribution >= 0.6 is 0 Å². The second-order valence-electron chi connectivity index (χ2n) is 8.88. The summed E-state index contributed by atoms with van der Waals surface area (Å²) in [7, 11) is 1.64. The van der Waals surface area contributed by atoms with Crippen molar-refractivity contribution in [2.24, 2.45) is 5.73 Å². The minimum absolute atomic E-state index is 0.0417. The van der Waals surface area contributed by atoms with Crippen molar-refractivity contribution >= 4 is 23.4 Å². The molecule has 188 valence electrons. The molecule has 0 aromatic heterocycles. The van der Waals surface area contributed by atoms with E-state index in [9.17, 15) is 14.4 Å². The summed E-state index contributed by atoms with van der Waals surface area (Å²) in [4.78, 5) is 39.7. The largest absolute Gasteiger partial charge is 0.497 e. The number of nitrogens with two attached hydrogens (primary N) is 1. The van der Waals surface area contributed by atoms with Crippen LogP contribution in [0.1, 0.15) is 49.7 Å². The number of rotatable bonds is 11. The van der Waals surface area contributed by atoms with Crippen LogP contribution in [0.4, 0.5) is 5.69 Å². The Hall–Kier alpha value is -3.39. The topological polar surface area (TPSA) is 114 Å². The van der Waals surface area contributed by atoms with Crippen molar-refractivity contribution in [2.75, 3.05) is 25.5 Å². The molecule has 2 aromatic carbocycles. The highest BCUT2D eigenvalue weighted by Gasteiger charge is 2.29. The third-order valence-corrected chi connectivity index (χ3v) is 6.18. The number of amides is 3. The smallest absolute Gasteiger partial charge is 0.245 e. The molecule has 1 saturated heterocycles. The summed E-state index contributed by atoms with van der Waals surface area (Å²) in [5, 5.41) is 5.73.